The minimum Gasteiger partial charge on any atom is -0.309 e. The predicted molar refractivity (Wildman–Crippen MR) is 612 cm³/mol. The first-order valence-corrected chi connectivity index (χ1v) is 50.6. The Balaban J connectivity index is 0.0000000884. The van der Waals surface area contributed by atoms with Crippen molar-refractivity contribution in [3.05, 3.63) is 473 Å². The van der Waals surface area contributed by atoms with Gasteiger partial charge in [0.05, 0.1) is 88.3 Å². The molecule has 0 aliphatic carbocycles. The van der Waals surface area contributed by atoms with Crippen LogP contribution in [0.1, 0.15) is 0 Å². The molecule has 12 aromatic heterocycles. The zero-order chi connectivity index (χ0) is 94.0. The lowest BCUT2D eigenvalue weighted by Crippen LogP contribution is -1.98. The summed E-state index contributed by atoms with van der Waals surface area (Å²) < 4.78 is 19.7. The fourth-order valence-corrected chi connectivity index (χ4v) is 26.7. The van der Waals surface area contributed by atoms with Crippen LogP contribution >= 0.6 is 22.7 Å². The molecule has 0 aliphatic rings. The smallest absolute Gasteiger partial charge is 0.147 e. The van der Waals surface area contributed by atoms with Crippen LogP contribution in [-0.2, 0) is 0 Å². The minimum absolute atomic E-state index is 1.01. The molecular weight excluding hydrogens is 1790 g/mol. The quantitative estimate of drug-likeness (QED) is 0.164. The summed E-state index contributed by atoms with van der Waals surface area (Å²) in [7, 11) is 0. The van der Waals surface area contributed by atoms with Crippen LogP contribution in [0.5, 0.6) is 0 Å². The van der Waals surface area contributed by atoms with Crippen LogP contribution in [0.2, 0.25) is 0 Å². The summed E-state index contributed by atoms with van der Waals surface area (Å²) in [5, 5.41) is 35.1. The Morgan fingerprint density at radius 2 is 0.500 bits per heavy atom. The van der Waals surface area contributed by atoms with E-state index in [1.807, 2.05) is 47.2 Å². The lowest BCUT2D eigenvalue weighted by molar-refractivity contribution is 1.18. The molecule has 10 nitrogen and oxygen atoms in total. The number of rotatable bonds is 4. The summed E-state index contributed by atoms with van der Waals surface area (Å²) in [6, 6.07) is 166. The van der Waals surface area contributed by atoms with Crippen molar-refractivity contribution in [1.29, 1.82) is 0 Å². The maximum atomic E-state index is 5.34. The van der Waals surface area contributed by atoms with E-state index in [1.165, 1.54) is 236 Å². The van der Waals surface area contributed by atoms with Crippen molar-refractivity contribution in [2.24, 2.45) is 0 Å². The molecule has 12 heterocycles. The number of nitrogens with zero attached hydrogens (tertiary/aromatic N) is 10. The fraction of sp³-hybridized carbons (Fsp3) is 0. The summed E-state index contributed by atoms with van der Waals surface area (Å²) in [6.45, 7) is 0. The second-order valence-electron chi connectivity index (χ2n) is 37.6. The van der Waals surface area contributed by atoms with Gasteiger partial charge in [0.25, 0.3) is 0 Å². The summed E-state index contributed by atoms with van der Waals surface area (Å²) in [5.74, 6) is 0. The van der Waals surface area contributed by atoms with Gasteiger partial charge in [-0.3, -0.25) is 18.8 Å². The van der Waals surface area contributed by atoms with Crippen LogP contribution in [0, 0.1) is 0 Å². The summed E-state index contributed by atoms with van der Waals surface area (Å²) in [6.07, 6.45) is 3.79. The molecule has 0 fully saturated rings. The molecular formula is C132H78N10S2. The minimum atomic E-state index is 1.01. The molecule has 34 aromatic rings. The number of hydrogen-bond donors (Lipinski definition) is 0. The monoisotopic (exact) mass is 1870 g/mol. The van der Waals surface area contributed by atoms with Crippen LogP contribution in [0.4, 0.5) is 0 Å². The number of hydrogen-bond acceptors (Lipinski definition) is 6. The van der Waals surface area contributed by atoms with Crippen molar-refractivity contribution in [3.8, 4) is 22.7 Å². The highest BCUT2D eigenvalue weighted by atomic mass is 32.1. The SMILES string of the molecule is c1ccc(-n2c3ccccc3c3c2ccc2c4ccc5c6ccccc6sc5c4c4nc5ccccc5n4c23)cc1.c1ccc(-n2c3ccccc3c3cc4c(cc32)c2ccccc2c2cccnc24)cc1.c1ccc(-n2c3ccccc3c3ccc4c5ccc6c7ccccc7sc6c5c5nc6ccccc6n5c4c32)cc1.c1ccc(-n2c3ccccc3c3ccc4c5ncccc5c5ccccc5c4c32)cc1. The first-order chi connectivity index (χ1) is 71.5. The van der Waals surface area contributed by atoms with Crippen molar-refractivity contribution in [2.75, 3.05) is 0 Å². The first kappa shape index (κ1) is 80.3. The van der Waals surface area contributed by atoms with E-state index in [0.29, 0.717) is 0 Å². The van der Waals surface area contributed by atoms with E-state index in [4.69, 9.17) is 19.9 Å². The molecule has 0 amide bonds. The topological polar surface area (TPSA) is 80.1 Å². The van der Waals surface area contributed by atoms with Gasteiger partial charge in [-0.05, 0) is 177 Å². The molecule has 144 heavy (non-hydrogen) atoms. The number of aromatic nitrogens is 10. The molecule has 0 N–H and O–H groups in total. The number of benzene rings is 22. The van der Waals surface area contributed by atoms with Crippen molar-refractivity contribution < 1.29 is 0 Å². The molecule has 12 heteroatoms. The maximum absolute atomic E-state index is 5.34. The molecule has 0 atom stereocenters. The lowest BCUT2D eigenvalue weighted by Gasteiger charge is -2.14. The third-order valence-corrected chi connectivity index (χ3v) is 32.5. The Morgan fingerprint density at radius 3 is 1.03 bits per heavy atom. The number of imidazole rings is 2. The molecule has 22 aromatic carbocycles. The third-order valence-electron chi connectivity index (χ3n) is 30.1. The van der Waals surface area contributed by atoms with Gasteiger partial charge < -0.3 is 18.3 Å². The van der Waals surface area contributed by atoms with Gasteiger partial charge >= 0.3 is 0 Å². The molecule has 0 saturated heterocycles. The molecule has 668 valence electrons. The van der Waals surface area contributed by atoms with E-state index in [9.17, 15) is 0 Å². The predicted octanol–water partition coefficient (Wildman–Crippen LogP) is 35.8. The number of fused-ring (bicyclic) bond motifs is 51. The highest BCUT2D eigenvalue weighted by Crippen LogP contribution is 2.52. The highest BCUT2D eigenvalue weighted by molar-refractivity contribution is 7.27. The van der Waals surface area contributed by atoms with Crippen molar-refractivity contribution in [1.82, 2.24) is 47.0 Å². The first-order valence-electron chi connectivity index (χ1n) is 49.0. The van der Waals surface area contributed by atoms with E-state index in [2.05, 4.69) is 476 Å². The summed E-state index contributed by atoms with van der Waals surface area (Å²) in [5.41, 5.74) is 25.3. The number of para-hydroxylation sites is 12. The molecule has 0 radical (unpaired) electrons. The van der Waals surface area contributed by atoms with Crippen LogP contribution in [-0.4, -0.2) is 47.0 Å². The Labute approximate surface area is 828 Å². The van der Waals surface area contributed by atoms with E-state index >= 15 is 0 Å². The Morgan fingerprint density at radius 1 is 0.167 bits per heavy atom. The zero-order valence-electron chi connectivity index (χ0n) is 77.3. The van der Waals surface area contributed by atoms with E-state index in [0.717, 1.165) is 55.8 Å². The van der Waals surface area contributed by atoms with Gasteiger partial charge in [0.2, 0.25) is 0 Å². The number of thiophene rings is 2. The molecule has 34 rings (SSSR count). The standard InChI is InChI=1S/2C37H21N3S.2C29H18N2/c1-2-10-22(11-3-1)39-29-15-7-4-13-27(29)33-31(39)21-20-25-24-18-19-26-23-12-5-9-17-32(23)41-36(26)34(24)37-38-28-14-6-8-16-30(28)40(37)35(25)33;1-2-10-22(11-3-1)39-30-15-7-4-12-23(30)26-19-20-27-25-18-21-28-24-13-5-9-17-32(24)41-36(28)33(25)37-38-29-14-6-8-16-31(29)40(37)35(27)34(26)39;1-2-9-19(10-3-1)31-26-15-7-6-12-21(26)24-16-17-25-27(29(24)31)22-13-5-4-11-20(22)23-14-8-18-30-28(23)25;1-2-9-19(10-3-1)31-27-15-7-6-13-22(27)25-17-26-24(18-28(25)31)21-12-5-4-11-20(21)23-14-8-16-30-29(23)26/h2*1-21H;2*1-18H. The molecule has 0 unspecified atom stereocenters. The van der Waals surface area contributed by atoms with E-state index in [1.54, 1.807) is 0 Å². The van der Waals surface area contributed by atoms with Gasteiger partial charge in [0.1, 0.15) is 11.3 Å². The Bertz CT molecular complexity index is 11400. The average molecular weight is 1870 g/mol. The average Bonchev–Trinajstić information content (AvgIpc) is 1.52. The summed E-state index contributed by atoms with van der Waals surface area (Å²) in [4.78, 5) is 20.3. The van der Waals surface area contributed by atoms with Crippen LogP contribution in [0.15, 0.2) is 473 Å². The molecule has 0 saturated carbocycles. The second kappa shape index (κ2) is 31.4. The van der Waals surface area contributed by atoms with Crippen LogP contribution in [0.25, 0.3) is 292 Å². The molecule has 0 spiro atoms. The highest BCUT2D eigenvalue weighted by Gasteiger charge is 2.29. The normalized spacial score (nSPS) is 12.2. The van der Waals surface area contributed by atoms with Crippen LogP contribution < -0.4 is 0 Å². The lowest BCUT2D eigenvalue weighted by atomic mass is 9.95. The fourth-order valence-electron chi connectivity index (χ4n) is 24.2. The second-order valence-corrected chi connectivity index (χ2v) is 39.7. The van der Waals surface area contributed by atoms with Crippen molar-refractivity contribution in [2.45, 2.75) is 0 Å². The summed E-state index contributed by atoms with van der Waals surface area (Å²) >= 11 is 3.75. The van der Waals surface area contributed by atoms with Gasteiger partial charge in [-0.25, -0.2) is 9.97 Å². The van der Waals surface area contributed by atoms with Gasteiger partial charge in [0, 0.05) is 167 Å². The third kappa shape index (κ3) is 11.6. The van der Waals surface area contributed by atoms with E-state index < -0.39 is 0 Å². The van der Waals surface area contributed by atoms with Gasteiger partial charge in [-0.2, -0.15) is 0 Å². The van der Waals surface area contributed by atoms with Crippen molar-refractivity contribution >= 4 is 292 Å². The molecule has 0 aliphatic heterocycles. The molecule has 0 bridgehead atoms. The van der Waals surface area contributed by atoms with Gasteiger partial charge in [-0.15, -0.1) is 22.7 Å². The van der Waals surface area contributed by atoms with Gasteiger partial charge in [0.15, 0.2) is 0 Å². The largest absolute Gasteiger partial charge is 0.309 e. The van der Waals surface area contributed by atoms with Crippen LogP contribution in [0.3, 0.4) is 0 Å². The zero-order valence-corrected chi connectivity index (χ0v) is 79.0. The van der Waals surface area contributed by atoms with Crippen molar-refractivity contribution in [3.63, 3.8) is 0 Å². The number of pyridine rings is 4. The van der Waals surface area contributed by atoms with E-state index in [-0.39, 0.29) is 0 Å². The maximum Gasteiger partial charge on any atom is 0.147 e. The Kier molecular flexibility index (Phi) is 17.5. The Hall–Kier alpha value is -18.7. The van der Waals surface area contributed by atoms with Gasteiger partial charge in [-0.1, -0.05) is 322 Å².